The van der Waals surface area contributed by atoms with E-state index in [2.05, 4.69) is 27.6 Å². The summed E-state index contributed by atoms with van der Waals surface area (Å²) < 4.78 is 0. The third kappa shape index (κ3) is 3.18. The molecule has 0 atom stereocenters. The number of nitrogen functional groups attached to an aromatic ring is 1. The van der Waals surface area contributed by atoms with Crippen LogP contribution in [0.1, 0.15) is 19.0 Å². The van der Waals surface area contributed by atoms with E-state index < -0.39 is 0 Å². The molecule has 18 heavy (non-hydrogen) atoms. The average molecular weight is 243 g/mol. The fourth-order valence-corrected chi connectivity index (χ4v) is 1.66. The van der Waals surface area contributed by atoms with Gasteiger partial charge in [0.1, 0.15) is 5.82 Å². The highest BCUT2D eigenvalue weighted by Gasteiger charge is 2.03. The van der Waals surface area contributed by atoms with Gasteiger partial charge in [0, 0.05) is 17.4 Å². The molecule has 0 amide bonds. The maximum Gasteiger partial charge on any atom is 0.229 e. The van der Waals surface area contributed by atoms with Crippen molar-refractivity contribution in [2.24, 2.45) is 5.84 Å². The van der Waals surface area contributed by atoms with Crippen molar-refractivity contribution < 1.29 is 0 Å². The molecule has 1 heterocycles. The van der Waals surface area contributed by atoms with Crippen LogP contribution in [0.4, 0.5) is 17.5 Å². The number of aromatic nitrogens is 2. The van der Waals surface area contributed by atoms with Crippen molar-refractivity contribution in [2.45, 2.75) is 19.8 Å². The molecule has 0 unspecified atom stereocenters. The molecule has 0 radical (unpaired) electrons. The van der Waals surface area contributed by atoms with Gasteiger partial charge in [-0.1, -0.05) is 31.5 Å². The first-order valence-electron chi connectivity index (χ1n) is 5.98. The second-order valence-electron chi connectivity index (χ2n) is 3.95. The van der Waals surface area contributed by atoms with Gasteiger partial charge in [-0.2, -0.15) is 4.98 Å². The average Bonchev–Trinajstić information content (AvgIpc) is 2.40. The number of rotatable bonds is 5. The minimum atomic E-state index is 0.556. The number of hydrogen-bond donors (Lipinski definition) is 3. The van der Waals surface area contributed by atoms with E-state index in [1.807, 2.05) is 36.4 Å². The predicted octanol–water partition coefficient (Wildman–Crippen LogP) is 2.46. The fourth-order valence-electron chi connectivity index (χ4n) is 1.66. The van der Waals surface area contributed by atoms with E-state index in [-0.39, 0.29) is 0 Å². The van der Waals surface area contributed by atoms with Gasteiger partial charge in [-0.05, 0) is 18.6 Å². The molecule has 5 nitrogen and oxygen atoms in total. The Kier molecular flexibility index (Phi) is 4.09. The predicted molar refractivity (Wildman–Crippen MR) is 73.6 cm³/mol. The Bertz CT molecular complexity index is 498. The summed E-state index contributed by atoms with van der Waals surface area (Å²) in [6.45, 7) is 2.11. The number of para-hydroxylation sites is 1. The van der Waals surface area contributed by atoms with Crippen molar-refractivity contribution in [1.29, 1.82) is 0 Å². The minimum Gasteiger partial charge on any atom is -0.324 e. The summed E-state index contributed by atoms with van der Waals surface area (Å²) in [6, 6.07) is 11.7. The first-order chi connectivity index (χ1) is 8.81. The second-order valence-corrected chi connectivity index (χ2v) is 3.95. The van der Waals surface area contributed by atoms with Crippen LogP contribution in [0.15, 0.2) is 36.4 Å². The number of anilines is 3. The molecule has 0 aliphatic rings. The van der Waals surface area contributed by atoms with Gasteiger partial charge in [-0.15, -0.1) is 0 Å². The molecule has 0 saturated heterocycles. The van der Waals surface area contributed by atoms with Crippen LogP contribution in [-0.4, -0.2) is 9.97 Å². The Morgan fingerprint density at radius 3 is 2.61 bits per heavy atom. The normalized spacial score (nSPS) is 10.1. The molecule has 5 heteroatoms. The van der Waals surface area contributed by atoms with Gasteiger partial charge in [-0.25, -0.2) is 10.8 Å². The quantitative estimate of drug-likeness (QED) is 0.555. The molecule has 0 aliphatic carbocycles. The highest BCUT2D eigenvalue weighted by molar-refractivity contribution is 5.54. The largest absolute Gasteiger partial charge is 0.324 e. The molecular weight excluding hydrogens is 226 g/mol. The molecule has 2 rings (SSSR count). The number of benzene rings is 1. The first kappa shape index (κ1) is 12.3. The number of nitrogens with two attached hydrogens (primary N) is 1. The van der Waals surface area contributed by atoms with Gasteiger partial charge in [-0.3, -0.25) is 0 Å². The lowest BCUT2D eigenvalue weighted by Crippen LogP contribution is -2.11. The number of nitrogens with one attached hydrogen (secondary N) is 2. The second kappa shape index (κ2) is 5.97. The van der Waals surface area contributed by atoms with E-state index in [4.69, 9.17) is 5.84 Å². The van der Waals surface area contributed by atoms with Crippen molar-refractivity contribution in [3.8, 4) is 0 Å². The van der Waals surface area contributed by atoms with Crippen molar-refractivity contribution in [2.75, 3.05) is 10.7 Å². The highest BCUT2D eigenvalue weighted by Crippen LogP contribution is 2.15. The Balaban J connectivity index is 2.24. The number of hydrogen-bond acceptors (Lipinski definition) is 5. The van der Waals surface area contributed by atoms with Crippen molar-refractivity contribution in [3.05, 3.63) is 42.1 Å². The molecule has 0 fully saturated rings. The highest BCUT2D eigenvalue weighted by atomic mass is 15.3. The molecule has 94 valence electrons. The van der Waals surface area contributed by atoms with Crippen LogP contribution in [0.5, 0.6) is 0 Å². The third-order valence-corrected chi connectivity index (χ3v) is 2.46. The van der Waals surface area contributed by atoms with Crippen molar-refractivity contribution >= 4 is 17.5 Å². The smallest absolute Gasteiger partial charge is 0.229 e. The van der Waals surface area contributed by atoms with Gasteiger partial charge in [0.25, 0.3) is 0 Å². The fraction of sp³-hybridized carbons (Fsp3) is 0.231. The SMILES string of the molecule is CCCc1cc(NN)nc(Nc2ccccc2)n1. The van der Waals surface area contributed by atoms with Gasteiger partial charge in [0.15, 0.2) is 0 Å². The topological polar surface area (TPSA) is 75.9 Å². The third-order valence-electron chi connectivity index (χ3n) is 2.46. The molecular formula is C13H17N5. The van der Waals surface area contributed by atoms with Gasteiger partial charge in [0.2, 0.25) is 5.95 Å². The van der Waals surface area contributed by atoms with Gasteiger partial charge >= 0.3 is 0 Å². The number of hydrazine groups is 1. The minimum absolute atomic E-state index is 0.556. The lowest BCUT2D eigenvalue weighted by molar-refractivity contribution is 0.875. The van der Waals surface area contributed by atoms with E-state index in [0.29, 0.717) is 11.8 Å². The zero-order chi connectivity index (χ0) is 12.8. The van der Waals surface area contributed by atoms with Gasteiger partial charge < -0.3 is 10.7 Å². The zero-order valence-corrected chi connectivity index (χ0v) is 10.4. The molecule has 0 saturated carbocycles. The Labute approximate surface area is 106 Å². The van der Waals surface area contributed by atoms with E-state index in [1.54, 1.807) is 0 Å². The molecule has 1 aromatic heterocycles. The van der Waals surface area contributed by atoms with Crippen LogP contribution >= 0.6 is 0 Å². The molecule has 1 aromatic carbocycles. The Hall–Kier alpha value is -2.14. The summed E-state index contributed by atoms with van der Waals surface area (Å²) in [6.07, 6.45) is 1.94. The monoisotopic (exact) mass is 243 g/mol. The number of nitrogens with zero attached hydrogens (tertiary/aromatic N) is 2. The van der Waals surface area contributed by atoms with Crippen LogP contribution in [-0.2, 0) is 6.42 Å². The summed E-state index contributed by atoms with van der Waals surface area (Å²) >= 11 is 0. The van der Waals surface area contributed by atoms with E-state index >= 15 is 0 Å². The van der Waals surface area contributed by atoms with Crippen LogP contribution in [0, 0.1) is 0 Å². The molecule has 4 N–H and O–H groups in total. The molecule has 0 spiro atoms. The molecule has 0 aliphatic heterocycles. The summed E-state index contributed by atoms with van der Waals surface area (Å²) in [5.74, 6) is 6.58. The number of aryl methyl sites for hydroxylation is 1. The summed E-state index contributed by atoms with van der Waals surface area (Å²) in [7, 11) is 0. The van der Waals surface area contributed by atoms with E-state index in [9.17, 15) is 0 Å². The van der Waals surface area contributed by atoms with Crippen molar-refractivity contribution in [3.63, 3.8) is 0 Å². The van der Waals surface area contributed by atoms with Crippen LogP contribution in [0.25, 0.3) is 0 Å². The summed E-state index contributed by atoms with van der Waals surface area (Å²) in [5.41, 5.74) is 4.48. The lowest BCUT2D eigenvalue weighted by atomic mass is 10.2. The van der Waals surface area contributed by atoms with Crippen LogP contribution in [0.2, 0.25) is 0 Å². The summed E-state index contributed by atoms with van der Waals surface area (Å²) in [5, 5.41) is 3.16. The maximum absolute atomic E-state index is 5.41. The van der Waals surface area contributed by atoms with Crippen LogP contribution < -0.4 is 16.6 Å². The van der Waals surface area contributed by atoms with Crippen LogP contribution in [0.3, 0.4) is 0 Å². The zero-order valence-electron chi connectivity index (χ0n) is 10.4. The maximum atomic E-state index is 5.41. The standard InChI is InChI=1S/C13H17N5/c1-2-6-11-9-12(18-14)17-13(16-11)15-10-7-4-3-5-8-10/h3-5,7-9H,2,6,14H2,1H3,(H2,15,16,17,18). The molecule has 0 bridgehead atoms. The van der Waals surface area contributed by atoms with Crippen molar-refractivity contribution in [1.82, 2.24) is 9.97 Å². The lowest BCUT2D eigenvalue weighted by Gasteiger charge is -2.08. The Morgan fingerprint density at radius 1 is 1.17 bits per heavy atom. The molecule has 2 aromatic rings. The Morgan fingerprint density at radius 2 is 1.94 bits per heavy atom. The van der Waals surface area contributed by atoms with E-state index in [1.165, 1.54) is 0 Å². The van der Waals surface area contributed by atoms with E-state index in [0.717, 1.165) is 24.2 Å². The summed E-state index contributed by atoms with van der Waals surface area (Å²) in [4.78, 5) is 8.72. The first-order valence-corrected chi connectivity index (χ1v) is 5.98. The van der Waals surface area contributed by atoms with Gasteiger partial charge in [0.05, 0.1) is 0 Å².